The number of ether oxygens (including phenoxy) is 2. The summed E-state index contributed by atoms with van der Waals surface area (Å²) in [7, 11) is 0. The number of nitrogens with two attached hydrogens (primary N) is 1. The number of aromatic nitrogens is 3. The Bertz CT molecular complexity index is 607. The molecule has 6 nitrogen and oxygen atoms in total. The van der Waals surface area contributed by atoms with Crippen LogP contribution in [0.15, 0.2) is 18.2 Å². The normalized spacial score (nSPS) is 10.3. The van der Waals surface area contributed by atoms with Gasteiger partial charge in [-0.15, -0.1) is 4.98 Å². The second-order valence-electron chi connectivity index (χ2n) is 3.90. The summed E-state index contributed by atoms with van der Waals surface area (Å²) in [5, 5.41) is 0.699. The van der Waals surface area contributed by atoms with E-state index < -0.39 is 0 Å². The van der Waals surface area contributed by atoms with E-state index in [0.717, 1.165) is 12.0 Å². The van der Waals surface area contributed by atoms with Crippen molar-refractivity contribution in [1.29, 1.82) is 0 Å². The van der Waals surface area contributed by atoms with Gasteiger partial charge in [0, 0.05) is 5.02 Å². The number of anilines is 1. The second-order valence-corrected chi connectivity index (χ2v) is 4.31. The maximum atomic E-state index is 6.05. The molecule has 1 heterocycles. The summed E-state index contributed by atoms with van der Waals surface area (Å²) in [6.07, 6.45) is 0.805. The van der Waals surface area contributed by atoms with E-state index in [-0.39, 0.29) is 18.0 Å². The smallest absolute Gasteiger partial charge is 0.330 e. The van der Waals surface area contributed by atoms with E-state index in [1.807, 2.05) is 19.9 Å². The van der Waals surface area contributed by atoms with E-state index in [0.29, 0.717) is 17.4 Å². The first-order valence-electron chi connectivity index (χ1n) is 6.23. The van der Waals surface area contributed by atoms with Gasteiger partial charge in [0.15, 0.2) is 0 Å². The molecule has 0 spiro atoms. The second kappa shape index (κ2) is 6.38. The van der Waals surface area contributed by atoms with Crippen molar-refractivity contribution >= 4 is 17.5 Å². The zero-order chi connectivity index (χ0) is 14.5. The lowest BCUT2D eigenvalue weighted by molar-refractivity contribution is 0.304. The van der Waals surface area contributed by atoms with Gasteiger partial charge in [-0.1, -0.05) is 18.5 Å². The molecule has 2 N–H and O–H groups in total. The third-order valence-corrected chi connectivity index (χ3v) is 2.86. The lowest BCUT2D eigenvalue weighted by atomic mass is 10.1. The summed E-state index contributed by atoms with van der Waals surface area (Å²) in [4.78, 5) is 11.8. The van der Waals surface area contributed by atoms with Crippen LogP contribution in [0, 0.1) is 0 Å². The third-order valence-electron chi connectivity index (χ3n) is 2.49. The Labute approximate surface area is 121 Å². The molecule has 20 heavy (non-hydrogen) atoms. The fraction of sp³-hybridized carbons (Fsp3) is 0.308. The van der Waals surface area contributed by atoms with Crippen LogP contribution in [0.2, 0.25) is 5.02 Å². The van der Waals surface area contributed by atoms with Gasteiger partial charge in [0.2, 0.25) is 5.95 Å². The number of halogens is 1. The molecule has 0 aliphatic heterocycles. The lowest BCUT2D eigenvalue weighted by Gasteiger charge is -2.08. The quantitative estimate of drug-likeness (QED) is 0.913. The molecule has 7 heteroatoms. The molecule has 0 bridgehead atoms. The highest BCUT2D eigenvalue weighted by Crippen LogP contribution is 2.25. The Morgan fingerprint density at radius 2 is 1.90 bits per heavy atom. The average Bonchev–Trinajstić information content (AvgIpc) is 2.40. The van der Waals surface area contributed by atoms with Crippen LogP contribution in [0.25, 0.3) is 0 Å². The molecule has 0 atom stereocenters. The molecule has 2 rings (SSSR count). The molecule has 0 aliphatic rings. The van der Waals surface area contributed by atoms with E-state index in [4.69, 9.17) is 26.8 Å². The van der Waals surface area contributed by atoms with Crippen molar-refractivity contribution < 1.29 is 9.47 Å². The van der Waals surface area contributed by atoms with Gasteiger partial charge in [0.25, 0.3) is 0 Å². The Hall–Kier alpha value is -2.08. The van der Waals surface area contributed by atoms with Crippen molar-refractivity contribution in [2.24, 2.45) is 0 Å². The Morgan fingerprint density at radius 1 is 1.15 bits per heavy atom. The van der Waals surface area contributed by atoms with Crippen molar-refractivity contribution in [2.75, 3.05) is 12.3 Å². The van der Waals surface area contributed by atoms with Gasteiger partial charge >= 0.3 is 12.0 Å². The van der Waals surface area contributed by atoms with E-state index in [1.54, 1.807) is 12.1 Å². The van der Waals surface area contributed by atoms with Gasteiger partial charge < -0.3 is 15.2 Å². The zero-order valence-electron chi connectivity index (χ0n) is 11.3. The van der Waals surface area contributed by atoms with Crippen LogP contribution in [-0.4, -0.2) is 21.6 Å². The molecule has 106 valence electrons. The van der Waals surface area contributed by atoms with E-state index in [2.05, 4.69) is 15.0 Å². The largest absolute Gasteiger partial charge is 0.464 e. The van der Waals surface area contributed by atoms with Crippen LogP contribution >= 0.6 is 11.6 Å². The summed E-state index contributed by atoms with van der Waals surface area (Å²) >= 11 is 6.05. The molecular formula is C13H15ClN4O2. The topological polar surface area (TPSA) is 83.2 Å². The minimum Gasteiger partial charge on any atom is -0.464 e. The van der Waals surface area contributed by atoms with Crippen LogP contribution < -0.4 is 15.2 Å². The SMILES string of the molecule is CCOc1nc(N)nc(Oc2ccc(Cl)c(CC)c2)n1. The number of nitrogens with zero attached hydrogens (tertiary/aromatic N) is 3. The zero-order valence-corrected chi connectivity index (χ0v) is 12.0. The van der Waals surface area contributed by atoms with Crippen LogP contribution in [0.1, 0.15) is 19.4 Å². The minimum absolute atomic E-state index is 0.0446. The number of aryl methyl sites for hydroxylation is 1. The fourth-order valence-electron chi connectivity index (χ4n) is 1.58. The first kappa shape index (κ1) is 14.3. The van der Waals surface area contributed by atoms with Gasteiger partial charge in [-0.25, -0.2) is 0 Å². The number of benzene rings is 1. The molecule has 0 aliphatic carbocycles. The molecule has 0 radical (unpaired) electrons. The molecule has 1 aromatic heterocycles. The average molecular weight is 295 g/mol. The van der Waals surface area contributed by atoms with Gasteiger partial charge in [0.05, 0.1) is 6.61 Å². The molecular weight excluding hydrogens is 280 g/mol. The molecule has 0 saturated carbocycles. The van der Waals surface area contributed by atoms with Gasteiger partial charge in [-0.2, -0.15) is 9.97 Å². The summed E-state index contributed by atoms with van der Waals surface area (Å²) in [5.41, 5.74) is 6.56. The first-order chi connectivity index (χ1) is 9.62. The number of hydrogen-bond acceptors (Lipinski definition) is 6. The summed E-state index contributed by atoms with van der Waals surface area (Å²) in [6, 6.07) is 5.57. The standard InChI is InChI=1S/C13H15ClN4O2/c1-3-8-7-9(5-6-10(8)14)20-13-17-11(15)16-12(18-13)19-4-2/h5-7H,3-4H2,1-2H3,(H2,15,16,17,18). The number of hydrogen-bond donors (Lipinski definition) is 1. The van der Waals surface area contributed by atoms with Gasteiger partial charge in [-0.3, -0.25) is 0 Å². The maximum absolute atomic E-state index is 6.05. The van der Waals surface area contributed by atoms with Gasteiger partial charge in [0.1, 0.15) is 5.75 Å². The Balaban J connectivity index is 2.25. The van der Waals surface area contributed by atoms with E-state index >= 15 is 0 Å². The molecule has 2 aromatic rings. The van der Waals surface area contributed by atoms with E-state index in [1.165, 1.54) is 0 Å². The monoisotopic (exact) mass is 294 g/mol. The van der Waals surface area contributed by atoms with Crippen LogP contribution in [0.5, 0.6) is 17.8 Å². The highest BCUT2D eigenvalue weighted by Gasteiger charge is 2.08. The van der Waals surface area contributed by atoms with Crippen molar-refractivity contribution in [3.63, 3.8) is 0 Å². The molecule has 0 fully saturated rings. The van der Waals surface area contributed by atoms with Crippen molar-refractivity contribution in [3.05, 3.63) is 28.8 Å². The lowest BCUT2D eigenvalue weighted by Crippen LogP contribution is -2.04. The molecule has 1 aromatic carbocycles. The third kappa shape index (κ3) is 3.48. The highest BCUT2D eigenvalue weighted by atomic mass is 35.5. The van der Waals surface area contributed by atoms with Crippen LogP contribution in [0.3, 0.4) is 0 Å². The summed E-state index contributed by atoms with van der Waals surface area (Å²) < 4.78 is 10.7. The Kier molecular flexibility index (Phi) is 4.57. The summed E-state index contributed by atoms with van der Waals surface area (Å²) in [6.45, 7) is 4.27. The fourth-order valence-corrected chi connectivity index (χ4v) is 1.83. The first-order valence-corrected chi connectivity index (χ1v) is 6.60. The van der Waals surface area contributed by atoms with Gasteiger partial charge in [-0.05, 0) is 37.1 Å². The predicted molar refractivity (Wildman–Crippen MR) is 76.3 cm³/mol. The number of nitrogen functional groups attached to an aromatic ring is 1. The van der Waals surface area contributed by atoms with Crippen molar-refractivity contribution in [3.8, 4) is 17.8 Å². The highest BCUT2D eigenvalue weighted by molar-refractivity contribution is 6.31. The predicted octanol–water partition coefficient (Wildman–Crippen LogP) is 2.86. The summed E-state index contributed by atoms with van der Waals surface area (Å²) in [5.74, 6) is 0.627. The maximum Gasteiger partial charge on any atom is 0.330 e. The van der Waals surface area contributed by atoms with Crippen LogP contribution in [-0.2, 0) is 6.42 Å². The van der Waals surface area contributed by atoms with Crippen LogP contribution in [0.4, 0.5) is 5.95 Å². The molecule has 0 unspecified atom stereocenters. The van der Waals surface area contributed by atoms with Crippen molar-refractivity contribution in [2.45, 2.75) is 20.3 Å². The van der Waals surface area contributed by atoms with Crippen molar-refractivity contribution in [1.82, 2.24) is 15.0 Å². The number of rotatable bonds is 5. The van der Waals surface area contributed by atoms with E-state index in [9.17, 15) is 0 Å². The molecule has 0 saturated heterocycles. The minimum atomic E-state index is 0.0446. The molecule has 0 amide bonds. The Morgan fingerprint density at radius 3 is 2.60 bits per heavy atom.